The Bertz CT molecular complexity index is 452. The number of rotatable bonds is 4. The van der Waals surface area contributed by atoms with E-state index in [4.69, 9.17) is 5.73 Å². The predicted molar refractivity (Wildman–Crippen MR) is 65.4 cm³/mol. The summed E-state index contributed by atoms with van der Waals surface area (Å²) >= 11 is 0. The minimum atomic E-state index is -4.36. The molecule has 2 nitrogen and oxygen atoms in total. The molecule has 6 heteroatoms. The molecule has 1 atom stereocenters. The largest absolute Gasteiger partial charge is 0.405 e. The molecule has 0 aliphatic heterocycles. The fraction of sp³-hybridized carbons (Fsp3) is 0.538. The van der Waals surface area contributed by atoms with Crippen molar-refractivity contribution in [2.75, 3.05) is 11.4 Å². The maximum absolute atomic E-state index is 14.0. The summed E-state index contributed by atoms with van der Waals surface area (Å²) in [4.78, 5) is 1.11. The van der Waals surface area contributed by atoms with E-state index in [1.807, 2.05) is 0 Å². The molecule has 1 aliphatic rings. The van der Waals surface area contributed by atoms with Gasteiger partial charge in [0, 0.05) is 12.1 Å². The van der Waals surface area contributed by atoms with Gasteiger partial charge in [0.25, 0.3) is 0 Å². The van der Waals surface area contributed by atoms with E-state index < -0.39 is 24.6 Å². The molecule has 106 valence electrons. The summed E-state index contributed by atoms with van der Waals surface area (Å²) in [5.74, 6) is -0.647. The lowest BCUT2D eigenvalue weighted by molar-refractivity contribution is -0.120. The molecule has 2 N–H and O–H groups in total. The number of hydrogen-bond acceptors (Lipinski definition) is 2. The molecule has 0 amide bonds. The van der Waals surface area contributed by atoms with E-state index in [9.17, 15) is 17.6 Å². The van der Waals surface area contributed by atoms with Crippen LogP contribution in [0.15, 0.2) is 18.2 Å². The third kappa shape index (κ3) is 3.37. The first-order chi connectivity index (χ1) is 8.79. The van der Waals surface area contributed by atoms with Crippen molar-refractivity contribution in [2.24, 2.45) is 5.73 Å². The minimum Gasteiger partial charge on any atom is -0.357 e. The monoisotopic (exact) mass is 276 g/mol. The summed E-state index contributed by atoms with van der Waals surface area (Å²) in [6.07, 6.45) is -3.05. The van der Waals surface area contributed by atoms with Crippen molar-refractivity contribution in [1.82, 2.24) is 0 Å². The van der Waals surface area contributed by atoms with Gasteiger partial charge >= 0.3 is 6.18 Å². The van der Waals surface area contributed by atoms with Crippen LogP contribution in [0.2, 0.25) is 0 Å². The fourth-order valence-corrected chi connectivity index (χ4v) is 2.17. The maximum Gasteiger partial charge on any atom is 0.405 e. The molecular formula is C13H16F4N2. The molecule has 2 rings (SSSR count). The maximum atomic E-state index is 14.0. The van der Waals surface area contributed by atoms with Gasteiger partial charge < -0.3 is 10.6 Å². The lowest BCUT2D eigenvalue weighted by Crippen LogP contribution is -2.37. The van der Waals surface area contributed by atoms with Gasteiger partial charge in [-0.05, 0) is 31.4 Å². The molecule has 0 heterocycles. The van der Waals surface area contributed by atoms with Crippen LogP contribution in [0, 0.1) is 5.82 Å². The predicted octanol–water partition coefficient (Wildman–Crippen LogP) is 3.38. The second-order valence-electron chi connectivity index (χ2n) is 4.94. The van der Waals surface area contributed by atoms with E-state index >= 15 is 0 Å². The Balaban J connectivity index is 2.41. The van der Waals surface area contributed by atoms with Gasteiger partial charge in [-0.15, -0.1) is 0 Å². The number of anilines is 1. The van der Waals surface area contributed by atoms with Crippen LogP contribution >= 0.6 is 0 Å². The number of benzene rings is 1. The smallest absolute Gasteiger partial charge is 0.357 e. The summed E-state index contributed by atoms with van der Waals surface area (Å²) in [7, 11) is 0. The van der Waals surface area contributed by atoms with E-state index in [0.29, 0.717) is 18.4 Å². The molecule has 1 saturated carbocycles. The van der Waals surface area contributed by atoms with Crippen LogP contribution < -0.4 is 10.6 Å². The lowest BCUT2D eigenvalue weighted by Gasteiger charge is -2.29. The number of nitrogens with two attached hydrogens (primary N) is 1. The topological polar surface area (TPSA) is 29.3 Å². The van der Waals surface area contributed by atoms with Crippen LogP contribution in [0.25, 0.3) is 0 Å². The van der Waals surface area contributed by atoms with E-state index in [1.165, 1.54) is 12.1 Å². The Kier molecular flexibility index (Phi) is 3.71. The molecule has 0 radical (unpaired) electrons. The normalized spacial score (nSPS) is 17.4. The van der Waals surface area contributed by atoms with Crippen molar-refractivity contribution in [3.05, 3.63) is 29.6 Å². The zero-order valence-corrected chi connectivity index (χ0v) is 10.5. The zero-order valence-electron chi connectivity index (χ0n) is 10.5. The average Bonchev–Trinajstić information content (AvgIpc) is 3.08. The van der Waals surface area contributed by atoms with Gasteiger partial charge in [0.15, 0.2) is 0 Å². The lowest BCUT2D eigenvalue weighted by atomic mass is 10.0. The van der Waals surface area contributed by atoms with Crippen molar-refractivity contribution in [3.8, 4) is 0 Å². The Morgan fingerprint density at radius 3 is 2.47 bits per heavy atom. The summed E-state index contributed by atoms with van der Waals surface area (Å²) in [5, 5.41) is 0. The van der Waals surface area contributed by atoms with Crippen molar-refractivity contribution in [3.63, 3.8) is 0 Å². The molecule has 0 aromatic heterocycles. The van der Waals surface area contributed by atoms with Gasteiger partial charge in [0.2, 0.25) is 0 Å². The van der Waals surface area contributed by atoms with Crippen LogP contribution in [0.4, 0.5) is 23.2 Å². The second-order valence-corrected chi connectivity index (χ2v) is 4.94. The highest BCUT2D eigenvalue weighted by Crippen LogP contribution is 2.38. The third-order valence-corrected chi connectivity index (χ3v) is 3.13. The first-order valence-corrected chi connectivity index (χ1v) is 6.17. The molecule has 0 spiro atoms. The Morgan fingerprint density at radius 2 is 2.00 bits per heavy atom. The van der Waals surface area contributed by atoms with Crippen molar-refractivity contribution in [1.29, 1.82) is 0 Å². The van der Waals surface area contributed by atoms with E-state index in [1.54, 1.807) is 13.0 Å². The zero-order chi connectivity index (χ0) is 14.2. The number of nitrogens with zero attached hydrogens (tertiary/aromatic N) is 1. The molecule has 1 fully saturated rings. The van der Waals surface area contributed by atoms with E-state index in [2.05, 4.69) is 0 Å². The minimum absolute atomic E-state index is 0.00248. The summed E-state index contributed by atoms with van der Waals surface area (Å²) in [5.41, 5.74) is 6.14. The van der Waals surface area contributed by atoms with Crippen LogP contribution in [0.5, 0.6) is 0 Å². The Hall–Kier alpha value is -1.30. The standard InChI is InChI=1S/C13H16F4N2/c1-8(18)10-3-2-4-11(14)12(10)19(9-5-6-9)7-13(15,16)17/h2-4,8-9H,5-7,18H2,1H3/t8-/m0/s1. The van der Waals surface area contributed by atoms with Crippen LogP contribution in [0.1, 0.15) is 31.4 Å². The molecular weight excluding hydrogens is 260 g/mol. The van der Waals surface area contributed by atoms with Gasteiger partial charge in [0.05, 0.1) is 5.69 Å². The van der Waals surface area contributed by atoms with Crippen molar-refractivity contribution >= 4 is 5.69 Å². The number of hydrogen-bond donors (Lipinski definition) is 1. The van der Waals surface area contributed by atoms with Gasteiger partial charge in [-0.25, -0.2) is 4.39 Å². The number of alkyl halides is 3. The first-order valence-electron chi connectivity index (χ1n) is 6.17. The molecule has 1 aromatic carbocycles. The Labute approximate surface area is 109 Å². The van der Waals surface area contributed by atoms with E-state index in [-0.39, 0.29) is 11.7 Å². The third-order valence-electron chi connectivity index (χ3n) is 3.13. The summed E-state index contributed by atoms with van der Waals surface area (Å²) < 4.78 is 51.9. The van der Waals surface area contributed by atoms with Gasteiger partial charge in [-0.2, -0.15) is 13.2 Å². The van der Waals surface area contributed by atoms with Crippen LogP contribution in [0.3, 0.4) is 0 Å². The second kappa shape index (κ2) is 5.00. The molecule has 1 aliphatic carbocycles. The van der Waals surface area contributed by atoms with Gasteiger partial charge in [0.1, 0.15) is 12.4 Å². The summed E-state index contributed by atoms with van der Waals surface area (Å²) in [6, 6.07) is 3.47. The summed E-state index contributed by atoms with van der Waals surface area (Å²) in [6.45, 7) is 0.495. The fourth-order valence-electron chi connectivity index (χ4n) is 2.17. The highest BCUT2D eigenvalue weighted by molar-refractivity contribution is 5.57. The van der Waals surface area contributed by atoms with Crippen molar-refractivity contribution < 1.29 is 17.6 Å². The number of halogens is 4. The molecule has 0 bridgehead atoms. The SMILES string of the molecule is C[C@H](N)c1cccc(F)c1N(CC(F)(F)F)C1CC1. The molecule has 0 saturated heterocycles. The highest BCUT2D eigenvalue weighted by atomic mass is 19.4. The molecule has 0 unspecified atom stereocenters. The first kappa shape index (κ1) is 14.1. The van der Waals surface area contributed by atoms with Gasteiger partial charge in [-0.3, -0.25) is 0 Å². The van der Waals surface area contributed by atoms with Crippen LogP contribution in [-0.2, 0) is 0 Å². The average molecular weight is 276 g/mol. The highest BCUT2D eigenvalue weighted by Gasteiger charge is 2.40. The van der Waals surface area contributed by atoms with Crippen molar-refractivity contribution in [2.45, 2.75) is 38.0 Å². The quantitative estimate of drug-likeness (QED) is 0.854. The van der Waals surface area contributed by atoms with E-state index in [0.717, 1.165) is 4.90 Å². The van der Waals surface area contributed by atoms with Gasteiger partial charge in [-0.1, -0.05) is 12.1 Å². The molecule has 1 aromatic rings. The Morgan fingerprint density at radius 1 is 1.37 bits per heavy atom. The number of para-hydroxylation sites is 1. The van der Waals surface area contributed by atoms with Crippen LogP contribution in [-0.4, -0.2) is 18.8 Å². The molecule has 19 heavy (non-hydrogen) atoms.